The Morgan fingerprint density at radius 3 is 2.41 bits per heavy atom. The summed E-state index contributed by atoms with van der Waals surface area (Å²) in [5, 5.41) is 12.0. The molecule has 0 aliphatic rings. The summed E-state index contributed by atoms with van der Waals surface area (Å²) in [4.78, 5) is 14.9. The Bertz CT molecular complexity index is 1260. The third-order valence-electron chi connectivity index (χ3n) is 5.25. The summed E-state index contributed by atoms with van der Waals surface area (Å²) in [7, 11) is -0.209. The summed E-state index contributed by atoms with van der Waals surface area (Å²) in [5.41, 5.74) is 1.91. The molecule has 8 nitrogen and oxygen atoms in total. The molecule has 0 aliphatic carbocycles. The molecule has 34 heavy (non-hydrogen) atoms. The van der Waals surface area contributed by atoms with E-state index in [1.54, 1.807) is 6.92 Å². The summed E-state index contributed by atoms with van der Waals surface area (Å²) < 4.78 is 28.5. The highest BCUT2D eigenvalue weighted by Crippen LogP contribution is 2.29. The molecule has 3 rings (SSSR count). The highest BCUT2D eigenvalue weighted by molar-refractivity contribution is 7.89. The second kappa shape index (κ2) is 11.0. The Balaban J connectivity index is 1.79. The number of sulfonamides is 1. The molecule has 2 N–H and O–H groups in total. The maximum absolute atomic E-state index is 13.1. The predicted molar refractivity (Wildman–Crippen MR) is 138 cm³/mol. The number of hydrogen-bond acceptors (Lipinski definition) is 7. The number of rotatable bonds is 9. The molecular formula is C22H25Cl2N5O3S2. The van der Waals surface area contributed by atoms with Crippen molar-refractivity contribution in [1.29, 1.82) is 0 Å². The van der Waals surface area contributed by atoms with Crippen LogP contribution in [0.1, 0.15) is 20.3 Å². The lowest BCUT2D eigenvalue weighted by Crippen LogP contribution is -2.47. The van der Waals surface area contributed by atoms with Gasteiger partial charge in [0.15, 0.2) is 0 Å². The largest absolute Gasteiger partial charge is 0.378 e. The van der Waals surface area contributed by atoms with Crippen molar-refractivity contribution in [2.45, 2.75) is 31.2 Å². The number of carbonyl (C=O) groups excluding carboxylic acids is 1. The van der Waals surface area contributed by atoms with Gasteiger partial charge in [-0.15, -0.1) is 10.2 Å². The molecular weight excluding hydrogens is 517 g/mol. The number of benzene rings is 2. The van der Waals surface area contributed by atoms with Crippen LogP contribution in [-0.4, -0.2) is 44.7 Å². The molecule has 2 unspecified atom stereocenters. The Kier molecular flexibility index (Phi) is 8.53. The summed E-state index contributed by atoms with van der Waals surface area (Å²) >= 11 is 13.2. The van der Waals surface area contributed by atoms with E-state index in [-0.39, 0.29) is 26.0 Å². The average Bonchev–Trinajstić information content (AvgIpc) is 3.26. The van der Waals surface area contributed by atoms with E-state index in [0.717, 1.165) is 11.3 Å². The van der Waals surface area contributed by atoms with Gasteiger partial charge >= 0.3 is 0 Å². The predicted octanol–water partition coefficient (Wildman–Crippen LogP) is 4.91. The van der Waals surface area contributed by atoms with E-state index in [2.05, 4.69) is 20.2 Å². The SMILES string of the molecule is CCC(C)C(NS(=O)(=O)c1cc(Cl)ccc1Cl)C(=O)Nc1nnc(-c2ccc(N(C)C)cc2)s1. The molecule has 2 aromatic carbocycles. The molecule has 2 atom stereocenters. The van der Waals surface area contributed by atoms with Crippen molar-refractivity contribution in [1.82, 2.24) is 14.9 Å². The number of anilines is 2. The molecule has 1 heterocycles. The van der Waals surface area contributed by atoms with Gasteiger partial charge in [-0.25, -0.2) is 8.42 Å². The van der Waals surface area contributed by atoms with Crippen molar-refractivity contribution in [3.8, 4) is 10.6 Å². The van der Waals surface area contributed by atoms with Crippen molar-refractivity contribution in [2.75, 3.05) is 24.3 Å². The first-order valence-electron chi connectivity index (χ1n) is 10.4. The Morgan fingerprint density at radius 1 is 1.12 bits per heavy atom. The molecule has 0 radical (unpaired) electrons. The molecule has 12 heteroatoms. The van der Waals surface area contributed by atoms with Gasteiger partial charge in [-0.05, 0) is 48.4 Å². The van der Waals surface area contributed by atoms with E-state index in [0.29, 0.717) is 11.4 Å². The maximum Gasteiger partial charge on any atom is 0.244 e. The minimum absolute atomic E-state index is 0.00857. The Labute approximate surface area is 213 Å². The van der Waals surface area contributed by atoms with Crippen molar-refractivity contribution < 1.29 is 13.2 Å². The van der Waals surface area contributed by atoms with Crippen molar-refractivity contribution >= 4 is 61.3 Å². The third kappa shape index (κ3) is 6.25. The van der Waals surface area contributed by atoms with Gasteiger partial charge in [-0.1, -0.05) is 54.8 Å². The molecule has 182 valence electrons. The zero-order valence-electron chi connectivity index (χ0n) is 19.0. The van der Waals surface area contributed by atoms with Gasteiger partial charge in [0.25, 0.3) is 0 Å². The van der Waals surface area contributed by atoms with Crippen molar-refractivity contribution in [3.63, 3.8) is 0 Å². The first kappa shape index (κ1) is 26.4. The van der Waals surface area contributed by atoms with Crippen LogP contribution in [-0.2, 0) is 14.8 Å². The van der Waals surface area contributed by atoms with Gasteiger partial charge in [-0.2, -0.15) is 4.72 Å². The Hall–Kier alpha value is -2.24. The van der Waals surface area contributed by atoms with Crippen LogP contribution in [0.4, 0.5) is 10.8 Å². The fourth-order valence-corrected chi connectivity index (χ4v) is 5.87. The molecule has 0 fully saturated rings. The normalized spacial score (nSPS) is 13.4. The van der Waals surface area contributed by atoms with E-state index < -0.39 is 22.0 Å². The smallest absolute Gasteiger partial charge is 0.244 e. The molecule has 0 saturated carbocycles. The van der Waals surface area contributed by atoms with Gasteiger partial charge in [0.1, 0.15) is 15.9 Å². The minimum atomic E-state index is -4.12. The lowest BCUT2D eigenvalue weighted by Gasteiger charge is -2.23. The third-order valence-corrected chi connectivity index (χ3v) is 8.29. The number of carbonyl (C=O) groups is 1. The first-order chi connectivity index (χ1) is 16.0. The van der Waals surface area contributed by atoms with Gasteiger partial charge in [0.05, 0.1) is 5.02 Å². The van der Waals surface area contributed by atoms with Gasteiger partial charge in [-0.3, -0.25) is 10.1 Å². The van der Waals surface area contributed by atoms with E-state index in [1.807, 2.05) is 50.2 Å². The fourth-order valence-electron chi connectivity index (χ4n) is 3.05. The van der Waals surface area contributed by atoms with Gasteiger partial charge in [0.2, 0.25) is 21.1 Å². The van der Waals surface area contributed by atoms with Crippen LogP contribution in [0.15, 0.2) is 47.4 Å². The maximum atomic E-state index is 13.1. The number of nitrogens with one attached hydrogen (secondary N) is 2. The molecule has 1 amide bonds. The van der Waals surface area contributed by atoms with Gasteiger partial charge < -0.3 is 4.90 Å². The zero-order chi connectivity index (χ0) is 25.0. The van der Waals surface area contributed by atoms with Crippen LogP contribution in [0.2, 0.25) is 10.0 Å². The first-order valence-corrected chi connectivity index (χ1v) is 13.5. The van der Waals surface area contributed by atoms with Crippen molar-refractivity contribution in [2.24, 2.45) is 5.92 Å². The second-order valence-electron chi connectivity index (χ2n) is 7.90. The highest BCUT2D eigenvalue weighted by Gasteiger charge is 2.31. The quantitative estimate of drug-likeness (QED) is 0.398. The monoisotopic (exact) mass is 541 g/mol. The van der Waals surface area contributed by atoms with Crippen LogP contribution in [0.25, 0.3) is 10.6 Å². The molecule has 0 spiro atoms. The summed E-state index contributed by atoms with van der Waals surface area (Å²) in [6.45, 7) is 3.65. The van der Waals surface area contributed by atoms with Crippen LogP contribution < -0.4 is 14.9 Å². The van der Waals surface area contributed by atoms with E-state index in [9.17, 15) is 13.2 Å². The molecule has 0 bridgehead atoms. The number of hydrogen-bond donors (Lipinski definition) is 2. The summed E-state index contributed by atoms with van der Waals surface area (Å²) in [6, 6.07) is 10.8. The van der Waals surface area contributed by atoms with E-state index >= 15 is 0 Å². The lowest BCUT2D eigenvalue weighted by atomic mass is 9.99. The highest BCUT2D eigenvalue weighted by atomic mass is 35.5. The topological polar surface area (TPSA) is 104 Å². The summed E-state index contributed by atoms with van der Waals surface area (Å²) in [6.07, 6.45) is 0.559. The summed E-state index contributed by atoms with van der Waals surface area (Å²) in [5.74, 6) is -0.847. The molecule has 0 aliphatic heterocycles. The Morgan fingerprint density at radius 2 is 1.79 bits per heavy atom. The molecule has 1 aromatic heterocycles. The standard InChI is InChI=1S/C22H25Cl2N5O3S2/c1-5-13(2)19(28-34(31,32)18-12-15(23)8-11-17(18)24)20(30)25-22-27-26-21(33-22)14-6-9-16(10-7-14)29(3)4/h6-13,19,28H,5H2,1-4H3,(H,25,27,30). The number of amides is 1. The number of halogens is 2. The minimum Gasteiger partial charge on any atom is -0.378 e. The van der Waals surface area contributed by atoms with Crippen LogP contribution in [0.5, 0.6) is 0 Å². The number of aromatic nitrogens is 2. The van der Waals surface area contributed by atoms with Crippen LogP contribution >= 0.6 is 34.5 Å². The van der Waals surface area contributed by atoms with E-state index in [1.165, 1.54) is 29.5 Å². The molecule has 0 saturated heterocycles. The zero-order valence-corrected chi connectivity index (χ0v) is 22.2. The number of nitrogens with zero attached hydrogens (tertiary/aromatic N) is 3. The molecule has 3 aromatic rings. The lowest BCUT2D eigenvalue weighted by molar-refractivity contribution is -0.118. The van der Waals surface area contributed by atoms with Gasteiger partial charge in [0, 0.05) is 30.4 Å². The fraction of sp³-hybridized carbons (Fsp3) is 0.318. The average molecular weight is 543 g/mol. The van der Waals surface area contributed by atoms with E-state index in [4.69, 9.17) is 23.2 Å². The van der Waals surface area contributed by atoms with Crippen LogP contribution in [0, 0.1) is 5.92 Å². The van der Waals surface area contributed by atoms with Crippen LogP contribution in [0.3, 0.4) is 0 Å². The second-order valence-corrected chi connectivity index (χ2v) is 11.4. The van der Waals surface area contributed by atoms with Crippen molar-refractivity contribution in [3.05, 3.63) is 52.5 Å².